The van der Waals surface area contributed by atoms with Crippen LogP contribution in [0.4, 0.5) is 5.69 Å². The predicted octanol–water partition coefficient (Wildman–Crippen LogP) is 2.40. The van der Waals surface area contributed by atoms with Gasteiger partial charge in [-0.2, -0.15) is 0 Å². The second-order valence-corrected chi connectivity index (χ2v) is 11.6. The summed E-state index contributed by atoms with van der Waals surface area (Å²) in [4.78, 5) is 70.3. The number of carboxylic acids is 1. The highest BCUT2D eigenvalue weighted by molar-refractivity contribution is 5.94. The number of carboxylic acid groups (broad SMARTS) is 1. The molecule has 0 aliphatic rings. The van der Waals surface area contributed by atoms with Gasteiger partial charge in [-0.05, 0) is 69.2 Å². The summed E-state index contributed by atoms with van der Waals surface area (Å²) >= 11 is 0. The van der Waals surface area contributed by atoms with Crippen LogP contribution in [0.2, 0.25) is 0 Å². The van der Waals surface area contributed by atoms with Crippen molar-refractivity contribution in [1.82, 2.24) is 10.6 Å². The van der Waals surface area contributed by atoms with E-state index in [9.17, 15) is 28.8 Å². The topological polar surface area (TPSA) is 222 Å². The van der Waals surface area contributed by atoms with Crippen LogP contribution in [0.15, 0.2) is 24.3 Å². The molecule has 0 fully saturated rings. The number of rotatable bonds is 33. The number of Topliss-reactive ketones (excluding diaryl/α,β-unsaturated/α-hetero) is 2. The first kappa shape index (κ1) is 44.1. The summed E-state index contributed by atoms with van der Waals surface area (Å²) in [5.41, 5.74) is 6.96. The number of benzene rings is 1. The van der Waals surface area contributed by atoms with Crippen LogP contribution in [-0.4, -0.2) is 112 Å². The Balaban J connectivity index is 2.00. The van der Waals surface area contributed by atoms with Gasteiger partial charge in [0.15, 0.2) is 5.78 Å². The SMILES string of the molecule is CCCNc1ccc(C(=O)NCCCC[C@H](NC(=O)COCCOCCCC(=O)COCCOCCCC(=O)CCCC(=O)O)C(N)=O)cc1. The van der Waals surface area contributed by atoms with Crippen molar-refractivity contribution in [2.24, 2.45) is 5.73 Å². The van der Waals surface area contributed by atoms with Gasteiger partial charge in [0.25, 0.3) is 5.91 Å². The Morgan fingerprint density at radius 1 is 0.700 bits per heavy atom. The average molecular weight is 709 g/mol. The zero-order valence-corrected chi connectivity index (χ0v) is 29.3. The van der Waals surface area contributed by atoms with Crippen LogP contribution in [0.3, 0.4) is 0 Å². The quantitative estimate of drug-likeness (QED) is 0.0665. The van der Waals surface area contributed by atoms with Gasteiger partial charge in [0.2, 0.25) is 11.8 Å². The number of carbonyl (C=O) groups excluding carboxylic acids is 5. The van der Waals surface area contributed by atoms with Crippen molar-refractivity contribution in [3.63, 3.8) is 0 Å². The van der Waals surface area contributed by atoms with E-state index in [0.717, 1.165) is 18.7 Å². The molecule has 0 radical (unpaired) electrons. The Kier molecular flexibility index (Phi) is 25.5. The van der Waals surface area contributed by atoms with Crippen molar-refractivity contribution in [1.29, 1.82) is 0 Å². The number of nitrogens with two attached hydrogens (primary N) is 1. The largest absolute Gasteiger partial charge is 0.481 e. The third kappa shape index (κ3) is 24.3. The summed E-state index contributed by atoms with van der Waals surface area (Å²) in [7, 11) is 0. The van der Waals surface area contributed by atoms with Gasteiger partial charge in [0.1, 0.15) is 25.0 Å². The molecule has 1 atom stereocenters. The predicted molar refractivity (Wildman–Crippen MR) is 186 cm³/mol. The van der Waals surface area contributed by atoms with Gasteiger partial charge in [-0.3, -0.25) is 28.8 Å². The molecule has 1 aromatic rings. The fourth-order valence-corrected chi connectivity index (χ4v) is 4.48. The van der Waals surface area contributed by atoms with Gasteiger partial charge >= 0.3 is 5.97 Å². The number of nitrogens with one attached hydrogen (secondary N) is 3. The van der Waals surface area contributed by atoms with Gasteiger partial charge < -0.3 is 45.7 Å². The van der Waals surface area contributed by atoms with Crippen molar-refractivity contribution < 1.29 is 52.8 Å². The maximum Gasteiger partial charge on any atom is 0.303 e. The molecular formula is C35H56N4O11. The number of primary amides is 1. The van der Waals surface area contributed by atoms with Crippen LogP contribution in [0.5, 0.6) is 0 Å². The van der Waals surface area contributed by atoms with Gasteiger partial charge in [0, 0.05) is 63.2 Å². The Bertz CT molecular complexity index is 1150. The fourth-order valence-electron chi connectivity index (χ4n) is 4.48. The molecule has 0 aromatic heterocycles. The van der Waals surface area contributed by atoms with Crippen LogP contribution in [0.25, 0.3) is 0 Å². The molecule has 50 heavy (non-hydrogen) atoms. The second-order valence-electron chi connectivity index (χ2n) is 11.6. The first-order valence-corrected chi connectivity index (χ1v) is 17.4. The monoisotopic (exact) mass is 708 g/mol. The van der Waals surface area contributed by atoms with Crippen LogP contribution >= 0.6 is 0 Å². The summed E-state index contributed by atoms with van der Waals surface area (Å²) in [5, 5.41) is 17.3. The normalized spacial score (nSPS) is 11.5. The molecule has 15 heteroatoms. The summed E-state index contributed by atoms with van der Waals surface area (Å²) < 4.78 is 21.4. The number of amides is 3. The lowest BCUT2D eigenvalue weighted by Gasteiger charge is -2.15. The molecule has 0 spiro atoms. The highest BCUT2D eigenvalue weighted by Crippen LogP contribution is 2.10. The van der Waals surface area contributed by atoms with Gasteiger partial charge in [0.05, 0.1) is 26.4 Å². The molecule has 3 amide bonds. The molecule has 0 unspecified atom stereocenters. The van der Waals surface area contributed by atoms with Crippen molar-refractivity contribution >= 4 is 40.9 Å². The Morgan fingerprint density at radius 2 is 1.30 bits per heavy atom. The molecule has 15 nitrogen and oxygen atoms in total. The van der Waals surface area contributed by atoms with E-state index in [1.54, 1.807) is 12.1 Å². The van der Waals surface area contributed by atoms with Crippen LogP contribution in [0.1, 0.15) is 87.9 Å². The number of hydrogen-bond donors (Lipinski definition) is 5. The third-order valence-corrected chi connectivity index (χ3v) is 7.19. The van der Waals surface area contributed by atoms with Crippen molar-refractivity contribution in [3.05, 3.63) is 29.8 Å². The lowest BCUT2D eigenvalue weighted by Crippen LogP contribution is -2.45. The molecule has 1 aromatic carbocycles. The Morgan fingerprint density at radius 3 is 1.92 bits per heavy atom. The van der Waals surface area contributed by atoms with E-state index >= 15 is 0 Å². The number of ether oxygens (including phenoxy) is 4. The lowest BCUT2D eigenvalue weighted by molar-refractivity contribution is -0.137. The zero-order valence-electron chi connectivity index (χ0n) is 29.3. The van der Waals surface area contributed by atoms with Crippen LogP contribution < -0.4 is 21.7 Å². The van der Waals surface area contributed by atoms with E-state index in [2.05, 4.69) is 22.9 Å². The maximum absolute atomic E-state index is 12.3. The van der Waals surface area contributed by atoms with E-state index in [1.165, 1.54) is 0 Å². The molecule has 0 saturated heterocycles. The number of unbranched alkanes of at least 4 members (excludes halogenated alkanes) is 1. The molecule has 0 heterocycles. The fraction of sp³-hybridized carbons (Fsp3) is 0.657. The average Bonchev–Trinajstić information content (AvgIpc) is 3.08. The third-order valence-electron chi connectivity index (χ3n) is 7.19. The van der Waals surface area contributed by atoms with Crippen LogP contribution in [0, 0.1) is 0 Å². The molecule has 0 aliphatic heterocycles. The summed E-state index contributed by atoms with van der Waals surface area (Å²) in [6, 6.07) is 6.40. The smallest absolute Gasteiger partial charge is 0.303 e. The molecule has 6 N–H and O–H groups in total. The minimum atomic E-state index is -0.906. The molecular weight excluding hydrogens is 652 g/mol. The number of hydrogen-bond acceptors (Lipinski definition) is 11. The summed E-state index contributed by atoms with van der Waals surface area (Å²) in [6.45, 7) is 4.75. The number of anilines is 1. The van der Waals surface area contributed by atoms with E-state index < -0.39 is 23.8 Å². The van der Waals surface area contributed by atoms with Crippen LogP contribution in [-0.2, 0) is 42.9 Å². The Hall–Kier alpha value is -3.92. The molecule has 0 aliphatic carbocycles. The van der Waals surface area contributed by atoms with E-state index in [-0.39, 0.29) is 63.3 Å². The highest BCUT2D eigenvalue weighted by atomic mass is 16.5. The van der Waals surface area contributed by atoms with Gasteiger partial charge in [-0.25, -0.2) is 0 Å². The minimum absolute atomic E-state index is 0.00686. The second kappa shape index (κ2) is 28.9. The minimum Gasteiger partial charge on any atom is -0.481 e. The number of aliphatic carboxylic acids is 1. The molecule has 0 bridgehead atoms. The maximum atomic E-state index is 12.3. The highest BCUT2D eigenvalue weighted by Gasteiger charge is 2.18. The first-order chi connectivity index (χ1) is 24.1. The summed E-state index contributed by atoms with van der Waals surface area (Å²) in [6.07, 6.45) is 4.82. The van der Waals surface area contributed by atoms with E-state index in [0.29, 0.717) is 83.3 Å². The zero-order chi connectivity index (χ0) is 36.8. The Labute approximate surface area is 294 Å². The number of carbonyl (C=O) groups is 6. The van der Waals surface area contributed by atoms with Crippen molar-refractivity contribution in [2.75, 3.05) is 71.3 Å². The van der Waals surface area contributed by atoms with E-state index in [4.69, 9.17) is 29.8 Å². The van der Waals surface area contributed by atoms with E-state index in [1.807, 2.05) is 12.1 Å². The molecule has 1 rings (SSSR count). The molecule has 0 saturated carbocycles. The molecule has 282 valence electrons. The van der Waals surface area contributed by atoms with Gasteiger partial charge in [-0.15, -0.1) is 0 Å². The van der Waals surface area contributed by atoms with Gasteiger partial charge in [-0.1, -0.05) is 6.92 Å². The first-order valence-electron chi connectivity index (χ1n) is 17.4. The standard InChI is InChI=1S/C35H56N4O11/c1-2-17-37-28-15-13-27(14-16-28)35(46)38-18-4-3-11-31(34(36)45)39-32(42)26-50-24-22-48-20-7-10-30(41)25-49-23-21-47-19-6-9-29(40)8-5-12-33(43)44/h13-16,31,37H,2-12,17-26H2,1H3,(H2,36,45)(H,38,46)(H,39,42)(H,43,44)/t31-/m0/s1. The summed E-state index contributed by atoms with van der Waals surface area (Å²) in [5.74, 6) is -2.26. The van der Waals surface area contributed by atoms with Crippen molar-refractivity contribution in [3.8, 4) is 0 Å². The number of ketones is 2. The van der Waals surface area contributed by atoms with Crippen molar-refractivity contribution in [2.45, 2.75) is 83.6 Å². The lowest BCUT2D eigenvalue weighted by atomic mass is 10.1.